The fraction of sp³-hybridized carbons (Fsp3) is 0.176. The second-order valence-corrected chi connectivity index (χ2v) is 5.48. The first-order valence-corrected chi connectivity index (χ1v) is 7.60. The number of carbonyl (C=O) groups is 2. The van der Waals surface area contributed by atoms with E-state index < -0.39 is 18.2 Å². The molecule has 0 aliphatic carbocycles. The lowest BCUT2D eigenvalue weighted by Crippen LogP contribution is -2.43. The molecule has 126 valence electrons. The topological polar surface area (TPSA) is 87.7 Å². The van der Waals surface area contributed by atoms with Gasteiger partial charge in [-0.1, -0.05) is 23.7 Å². The number of aromatic carboxylic acids is 1. The average Bonchev–Trinajstić information content (AvgIpc) is 2.55. The number of carbonyl (C=O) groups excluding carboxylic acids is 1. The maximum absolute atomic E-state index is 11.8. The summed E-state index contributed by atoms with van der Waals surface area (Å²) in [6.07, 6.45) is -0.527. The van der Waals surface area contributed by atoms with Crippen molar-refractivity contribution in [1.29, 1.82) is 0 Å². The van der Waals surface area contributed by atoms with Crippen molar-refractivity contribution in [2.75, 3.05) is 0 Å². The van der Waals surface area contributed by atoms with Gasteiger partial charge in [0, 0.05) is 11.6 Å². The van der Waals surface area contributed by atoms with E-state index in [0.29, 0.717) is 10.8 Å². The summed E-state index contributed by atoms with van der Waals surface area (Å²) in [6.45, 7) is 1.98. The Balaban J connectivity index is 1.77. The molecule has 2 amide bonds. The van der Waals surface area contributed by atoms with Crippen LogP contribution in [-0.2, 0) is 6.54 Å². The number of carboxylic acid groups (broad SMARTS) is 1. The van der Waals surface area contributed by atoms with Crippen LogP contribution in [0.4, 0.5) is 4.79 Å². The number of rotatable bonds is 6. The quantitative estimate of drug-likeness (QED) is 0.699. The maximum Gasteiger partial charge on any atom is 0.335 e. The smallest absolute Gasteiger partial charge is 0.335 e. The summed E-state index contributed by atoms with van der Waals surface area (Å²) in [4.78, 5) is 22.6. The number of carboxylic acids is 1. The monoisotopic (exact) mass is 348 g/mol. The third kappa shape index (κ3) is 5.48. The molecule has 0 aliphatic rings. The summed E-state index contributed by atoms with van der Waals surface area (Å²) in [5, 5.41) is 14.8. The van der Waals surface area contributed by atoms with Crippen molar-refractivity contribution in [2.45, 2.75) is 19.7 Å². The van der Waals surface area contributed by atoms with Crippen molar-refractivity contribution in [3.05, 3.63) is 64.7 Å². The van der Waals surface area contributed by atoms with E-state index in [0.717, 1.165) is 5.56 Å². The summed E-state index contributed by atoms with van der Waals surface area (Å²) in [5.74, 6) is -0.392. The van der Waals surface area contributed by atoms with Gasteiger partial charge in [-0.15, -0.1) is 0 Å². The minimum Gasteiger partial charge on any atom is -0.478 e. The van der Waals surface area contributed by atoms with Gasteiger partial charge in [0.25, 0.3) is 0 Å². The zero-order valence-electron chi connectivity index (χ0n) is 13.0. The van der Waals surface area contributed by atoms with Crippen LogP contribution in [0.3, 0.4) is 0 Å². The van der Waals surface area contributed by atoms with Crippen LogP contribution in [0, 0.1) is 0 Å². The number of ether oxygens (including phenoxy) is 1. The Bertz CT molecular complexity index is 702. The van der Waals surface area contributed by atoms with Gasteiger partial charge in [-0.2, -0.15) is 0 Å². The summed E-state index contributed by atoms with van der Waals surface area (Å²) in [7, 11) is 0. The molecule has 24 heavy (non-hydrogen) atoms. The second kappa shape index (κ2) is 8.21. The number of halogens is 1. The molecule has 2 rings (SSSR count). The molecule has 0 fully saturated rings. The number of hydrogen-bond acceptors (Lipinski definition) is 3. The maximum atomic E-state index is 11.8. The lowest BCUT2D eigenvalue weighted by molar-refractivity contribution is 0.0696. The van der Waals surface area contributed by atoms with Crippen LogP contribution < -0.4 is 15.4 Å². The molecule has 2 aromatic carbocycles. The molecule has 3 N–H and O–H groups in total. The molecule has 0 heterocycles. The number of urea groups is 1. The highest BCUT2D eigenvalue weighted by Crippen LogP contribution is 2.16. The summed E-state index contributed by atoms with van der Waals surface area (Å²) >= 11 is 5.79. The molecule has 0 bridgehead atoms. The van der Waals surface area contributed by atoms with Crippen molar-refractivity contribution in [1.82, 2.24) is 10.6 Å². The van der Waals surface area contributed by atoms with Crippen molar-refractivity contribution in [2.24, 2.45) is 0 Å². The number of amides is 2. The molecule has 1 atom stereocenters. The van der Waals surface area contributed by atoms with Gasteiger partial charge in [0.05, 0.1) is 5.56 Å². The average molecular weight is 349 g/mol. The van der Waals surface area contributed by atoms with E-state index in [1.54, 1.807) is 43.3 Å². The Morgan fingerprint density at radius 3 is 2.33 bits per heavy atom. The van der Waals surface area contributed by atoms with Gasteiger partial charge in [0.2, 0.25) is 0 Å². The van der Waals surface area contributed by atoms with Gasteiger partial charge in [-0.3, -0.25) is 0 Å². The SMILES string of the molecule is CC(NC(=O)NCc1ccc(C(=O)O)cc1)Oc1ccc(Cl)cc1. The highest BCUT2D eigenvalue weighted by molar-refractivity contribution is 6.30. The van der Waals surface area contributed by atoms with Crippen LogP contribution >= 0.6 is 11.6 Å². The first-order valence-electron chi connectivity index (χ1n) is 7.23. The fourth-order valence-corrected chi connectivity index (χ4v) is 2.06. The molecular formula is C17H17ClN2O4. The van der Waals surface area contributed by atoms with Gasteiger partial charge < -0.3 is 20.5 Å². The molecule has 0 spiro atoms. The zero-order chi connectivity index (χ0) is 17.5. The van der Waals surface area contributed by atoms with E-state index in [9.17, 15) is 9.59 Å². The zero-order valence-corrected chi connectivity index (χ0v) is 13.7. The Morgan fingerprint density at radius 1 is 1.12 bits per heavy atom. The molecule has 7 heteroatoms. The summed E-state index contributed by atoms with van der Waals surface area (Å²) < 4.78 is 5.54. The van der Waals surface area contributed by atoms with Gasteiger partial charge >= 0.3 is 12.0 Å². The standard InChI is InChI=1S/C17H17ClN2O4/c1-11(24-15-8-6-14(18)7-9-15)20-17(23)19-10-12-2-4-13(5-3-12)16(21)22/h2-9,11H,10H2,1H3,(H,21,22)(H2,19,20,23). The Hall–Kier alpha value is -2.73. The van der Waals surface area contributed by atoms with Gasteiger partial charge in [0.1, 0.15) is 5.75 Å². The van der Waals surface area contributed by atoms with E-state index in [2.05, 4.69) is 10.6 Å². The molecule has 6 nitrogen and oxygen atoms in total. The lowest BCUT2D eigenvalue weighted by atomic mass is 10.1. The van der Waals surface area contributed by atoms with Gasteiger partial charge in [-0.05, 0) is 48.9 Å². The molecule has 0 saturated heterocycles. The van der Waals surface area contributed by atoms with Crippen molar-refractivity contribution >= 4 is 23.6 Å². The van der Waals surface area contributed by atoms with Crippen LogP contribution in [-0.4, -0.2) is 23.3 Å². The molecular weight excluding hydrogens is 332 g/mol. The molecule has 1 unspecified atom stereocenters. The lowest BCUT2D eigenvalue weighted by Gasteiger charge is -2.16. The van der Waals surface area contributed by atoms with Gasteiger partial charge in [-0.25, -0.2) is 9.59 Å². The number of hydrogen-bond donors (Lipinski definition) is 3. The van der Waals surface area contributed by atoms with Gasteiger partial charge in [0.15, 0.2) is 6.23 Å². The van der Waals surface area contributed by atoms with E-state index in [1.165, 1.54) is 12.1 Å². The summed E-state index contributed by atoms with van der Waals surface area (Å²) in [6, 6.07) is 12.7. The Kier molecular flexibility index (Phi) is 6.03. The van der Waals surface area contributed by atoms with Crippen LogP contribution in [0.1, 0.15) is 22.8 Å². The largest absolute Gasteiger partial charge is 0.478 e. The van der Waals surface area contributed by atoms with Crippen LogP contribution in [0.5, 0.6) is 5.75 Å². The summed E-state index contributed by atoms with van der Waals surface area (Å²) in [5.41, 5.74) is 0.995. The second-order valence-electron chi connectivity index (χ2n) is 5.04. The highest BCUT2D eigenvalue weighted by atomic mass is 35.5. The van der Waals surface area contributed by atoms with Crippen LogP contribution in [0.25, 0.3) is 0 Å². The predicted octanol–water partition coefficient (Wildman–Crippen LogP) is 3.26. The number of benzene rings is 2. The molecule has 2 aromatic rings. The molecule has 0 radical (unpaired) electrons. The van der Waals surface area contributed by atoms with Crippen molar-refractivity contribution < 1.29 is 19.4 Å². The van der Waals surface area contributed by atoms with Crippen molar-refractivity contribution in [3.8, 4) is 5.75 Å². The third-order valence-corrected chi connectivity index (χ3v) is 3.37. The third-order valence-electron chi connectivity index (χ3n) is 3.11. The minimum atomic E-state index is -0.986. The predicted molar refractivity (Wildman–Crippen MR) is 90.3 cm³/mol. The van der Waals surface area contributed by atoms with E-state index in [4.69, 9.17) is 21.4 Å². The normalized spacial score (nSPS) is 11.4. The Morgan fingerprint density at radius 2 is 1.75 bits per heavy atom. The fourth-order valence-electron chi connectivity index (χ4n) is 1.93. The molecule has 0 aliphatic heterocycles. The number of nitrogens with one attached hydrogen (secondary N) is 2. The van der Waals surface area contributed by atoms with Crippen LogP contribution in [0.15, 0.2) is 48.5 Å². The first-order chi connectivity index (χ1) is 11.4. The van der Waals surface area contributed by atoms with Crippen molar-refractivity contribution in [3.63, 3.8) is 0 Å². The Labute approximate surface area is 144 Å². The molecule has 0 saturated carbocycles. The first kappa shape index (κ1) is 17.6. The van der Waals surface area contributed by atoms with E-state index in [1.807, 2.05) is 0 Å². The van der Waals surface area contributed by atoms with Crippen LogP contribution in [0.2, 0.25) is 5.02 Å². The molecule has 0 aromatic heterocycles. The van der Waals surface area contributed by atoms with E-state index >= 15 is 0 Å². The minimum absolute atomic E-state index is 0.202. The van der Waals surface area contributed by atoms with E-state index in [-0.39, 0.29) is 12.1 Å². The highest BCUT2D eigenvalue weighted by Gasteiger charge is 2.08.